The average Bonchev–Trinajstić information content (AvgIpc) is 2.37. The number of benzene rings is 1. The molecule has 0 spiro atoms. The molecule has 0 aliphatic carbocycles. The molecule has 0 unspecified atom stereocenters. The van der Waals surface area contributed by atoms with E-state index < -0.39 is 23.8 Å². The van der Waals surface area contributed by atoms with Gasteiger partial charge in [-0.2, -0.15) is 26.3 Å². The summed E-state index contributed by atoms with van der Waals surface area (Å²) in [4.78, 5) is 1.34. The minimum atomic E-state index is -4.59. The lowest BCUT2D eigenvalue weighted by Gasteiger charge is -2.35. The van der Waals surface area contributed by atoms with Gasteiger partial charge in [0.1, 0.15) is 0 Å². The Morgan fingerprint density at radius 1 is 1.00 bits per heavy atom. The lowest BCUT2D eigenvalue weighted by molar-refractivity contribution is -0.179. The number of anilines is 2. The van der Waals surface area contributed by atoms with Crippen molar-refractivity contribution in [1.82, 2.24) is 0 Å². The van der Waals surface area contributed by atoms with Gasteiger partial charge in [0, 0.05) is 24.5 Å². The van der Waals surface area contributed by atoms with Crippen LogP contribution in [0.1, 0.15) is 18.4 Å². The second-order valence-corrected chi connectivity index (χ2v) is 5.08. The molecule has 1 aliphatic heterocycles. The highest BCUT2D eigenvalue weighted by Gasteiger charge is 2.42. The van der Waals surface area contributed by atoms with E-state index in [4.69, 9.17) is 5.73 Å². The van der Waals surface area contributed by atoms with Crippen LogP contribution in [-0.4, -0.2) is 19.3 Å². The zero-order chi connectivity index (χ0) is 15.8. The quantitative estimate of drug-likeness (QED) is 0.626. The first kappa shape index (κ1) is 15.8. The van der Waals surface area contributed by atoms with Crippen molar-refractivity contribution in [2.24, 2.45) is 5.92 Å². The summed E-state index contributed by atoms with van der Waals surface area (Å²) in [6.07, 6.45) is -9.29. The van der Waals surface area contributed by atoms with Crippen molar-refractivity contribution in [3.63, 3.8) is 0 Å². The van der Waals surface area contributed by atoms with Crippen molar-refractivity contribution in [3.8, 4) is 0 Å². The van der Waals surface area contributed by atoms with Crippen LogP contribution in [0.2, 0.25) is 0 Å². The number of nitrogen functional groups attached to an aromatic ring is 1. The molecule has 118 valence electrons. The third-order valence-electron chi connectivity index (χ3n) is 3.62. The Morgan fingerprint density at radius 3 is 2.05 bits per heavy atom. The van der Waals surface area contributed by atoms with Gasteiger partial charge in [-0.05, 0) is 31.0 Å². The lowest BCUT2D eigenvalue weighted by atomic mass is 9.95. The second-order valence-electron chi connectivity index (χ2n) is 5.08. The Kier molecular flexibility index (Phi) is 3.99. The molecule has 0 bridgehead atoms. The second kappa shape index (κ2) is 5.31. The Morgan fingerprint density at radius 2 is 1.57 bits per heavy atom. The SMILES string of the molecule is Nc1ccc(N2CCC(C(F)(F)F)CC2)c(C(F)(F)F)c1. The van der Waals surface area contributed by atoms with Crippen LogP contribution < -0.4 is 10.6 Å². The maximum atomic E-state index is 13.0. The highest BCUT2D eigenvalue weighted by molar-refractivity contribution is 5.61. The highest BCUT2D eigenvalue weighted by Crippen LogP contribution is 2.40. The van der Waals surface area contributed by atoms with Gasteiger partial charge >= 0.3 is 12.4 Å². The fourth-order valence-electron chi connectivity index (χ4n) is 2.50. The topological polar surface area (TPSA) is 29.3 Å². The summed E-state index contributed by atoms with van der Waals surface area (Å²) in [6.45, 7) is -0.117. The first-order chi connectivity index (χ1) is 9.59. The predicted octanol–water partition coefficient (Wildman–Crippen LogP) is 4.07. The predicted molar refractivity (Wildman–Crippen MR) is 66.8 cm³/mol. The van der Waals surface area contributed by atoms with Crippen molar-refractivity contribution in [3.05, 3.63) is 23.8 Å². The van der Waals surface area contributed by atoms with Gasteiger partial charge in [-0.15, -0.1) is 0 Å². The van der Waals surface area contributed by atoms with E-state index in [2.05, 4.69) is 0 Å². The molecule has 1 fully saturated rings. The van der Waals surface area contributed by atoms with Crippen molar-refractivity contribution >= 4 is 11.4 Å². The smallest absolute Gasteiger partial charge is 0.399 e. The maximum absolute atomic E-state index is 13.0. The molecule has 0 radical (unpaired) electrons. The molecular formula is C13H14F6N2. The minimum Gasteiger partial charge on any atom is -0.399 e. The van der Waals surface area contributed by atoms with Crippen molar-refractivity contribution < 1.29 is 26.3 Å². The molecule has 1 aliphatic rings. The summed E-state index contributed by atoms with van der Waals surface area (Å²) >= 11 is 0. The zero-order valence-corrected chi connectivity index (χ0v) is 10.9. The average molecular weight is 312 g/mol. The molecule has 1 aromatic rings. The molecule has 1 saturated heterocycles. The number of halogens is 6. The number of hydrogen-bond acceptors (Lipinski definition) is 2. The van der Waals surface area contributed by atoms with Crippen LogP contribution in [0.25, 0.3) is 0 Å². The monoisotopic (exact) mass is 312 g/mol. The van der Waals surface area contributed by atoms with Gasteiger partial charge in [-0.1, -0.05) is 0 Å². The van der Waals surface area contributed by atoms with E-state index in [1.54, 1.807) is 0 Å². The molecule has 21 heavy (non-hydrogen) atoms. The molecule has 0 amide bonds. The van der Waals surface area contributed by atoms with Crippen LogP contribution in [0.3, 0.4) is 0 Å². The third kappa shape index (κ3) is 3.54. The number of alkyl halides is 6. The molecule has 2 N–H and O–H groups in total. The highest BCUT2D eigenvalue weighted by atomic mass is 19.4. The van der Waals surface area contributed by atoms with Crippen LogP contribution in [0.4, 0.5) is 37.7 Å². The van der Waals surface area contributed by atoms with Gasteiger partial charge in [0.2, 0.25) is 0 Å². The number of nitrogens with zero attached hydrogens (tertiary/aromatic N) is 1. The molecule has 2 rings (SSSR count). The van der Waals surface area contributed by atoms with Crippen molar-refractivity contribution in [1.29, 1.82) is 0 Å². The lowest BCUT2D eigenvalue weighted by Crippen LogP contribution is -2.39. The Bertz CT molecular complexity index is 500. The number of piperidine rings is 1. The first-order valence-corrected chi connectivity index (χ1v) is 6.37. The van der Waals surface area contributed by atoms with Gasteiger partial charge in [-0.25, -0.2) is 0 Å². The van der Waals surface area contributed by atoms with Gasteiger partial charge in [0.05, 0.1) is 11.5 Å². The van der Waals surface area contributed by atoms with Crippen LogP contribution in [-0.2, 0) is 6.18 Å². The molecule has 0 atom stereocenters. The van der Waals surface area contributed by atoms with E-state index >= 15 is 0 Å². The molecule has 8 heteroatoms. The van der Waals surface area contributed by atoms with Gasteiger partial charge in [0.25, 0.3) is 0 Å². The standard InChI is InChI=1S/C13H14F6N2/c14-12(15,16)8-3-5-21(6-4-8)11-2-1-9(20)7-10(11)13(17,18)19/h1-2,7-8H,3-6,20H2. The summed E-state index contributed by atoms with van der Waals surface area (Å²) in [5.74, 6) is -1.45. The first-order valence-electron chi connectivity index (χ1n) is 6.37. The van der Waals surface area contributed by atoms with E-state index in [1.165, 1.54) is 17.0 Å². The normalized spacial score (nSPS) is 18.1. The van der Waals surface area contributed by atoms with Crippen LogP contribution >= 0.6 is 0 Å². The van der Waals surface area contributed by atoms with Crippen LogP contribution in [0.5, 0.6) is 0 Å². The number of nitrogens with two attached hydrogens (primary N) is 1. The fraction of sp³-hybridized carbons (Fsp3) is 0.538. The maximum Gasteiger partial charge on any atom is 0.418 e. The third-order valence-corrected chi connectivity index (χ3v) is 3.62. The van der Waals surface area contributed by atoms with Crippen LogP contribution in [0, 0.1) is 5.92 Å². The summed E-state index contributed by atoms with van der Waals surface area (Å²) in [5.41, 5.74) is 4.31. The van der Waals surface area contributed by atoms with Gasteiger partial charge in [0.15, 0.2) is 0 Å². The fourth-order valence-corrected chi connectivity index (χ4v) is 2.50. The summed E-state index contributed by atoms with van der Waals surface area (Å²) < 4.78 is 76.7. The summed E-state index contributed by atoms with van der Waals surface area (Å²) in [6, 6.07) is 3.34. The van der Waals surface area contributed by atoms with E-state index in [9.17, 15) is 26.3 Å². The molecule has 2 nitrogen and oxygen atoms in total. The summed E-state index contributed by atoms with van der Waals surface area (Å²) in [5, 5.41) is 0. The van der Waals surface area contributed by atoms with Gasteiger partial charge in [-0.3, -0.25) is 0 Å². The molecule has 0 saturated carbocycles. The van der Waals surface area contributed by atoms with E-state index in [1.807, 2.05) is 0 Å². The largest absolute Gasteiger partial charge is 0.418 e. The van der Waals surface area contributed by atoms with Crippen LogP contribution in [0.15, 0.2) is 18.2 Å². The molecule has 0 aromatic heterocycles. The molecular weight excluding hydrogens is 298 g/mol. The van der Waals surface area contributed by atoms with Gasteiger partial charge < -0.3 is 10.6 Å². The number of hydrogen-bond donors (Lipinski definition) is 1. The van der Waals surface area contributed by atoms with Crippen molar-refractivity contribution in [2.75, 3.05) is 23.7 Å². The van der Waals surface area contributed by atoms with E-state index in [0.29, 0.717) is 0 Å². The molecule has 1 heterocycles. The number of rotatable bonds is 1. The zero-order valence-electron chi connectivity index (χ0n) is 10.9. The Hall–Kier alpha value is -1.60. The Labute approximate surface area is 117 Å². The summed E-state index contributed by atoms with van der Waals surface area (Å²) in [7, 11) is 0. The Balaban J connectivity index is 2.21. The molecule has 1 aromatic carbocycles. The van der Waals surface area contributed by atoms with E-state index in [-0.39, 0.29) is 37.3 Å². The van der Waals surface area contributed by atoms with E-state index in [0.717, 1.165) is 6.07 Å². The minimum absolute atomic E-state index is 0.0312. The van der Waals surface area contributed by atoms with Crippen molar-refractivity contribution in [2.45, 2.75) is 25.2 Å².